The molecule has 21 heavy (non-hydrogen) atoms. The maximum atomic E-state index is 11.8. The fourth-order valence-corrected chi connectivity index (χ4v) is 3.10. The van der Waals surface area contributed by atoms with Crippen molar-refractivity contribution in [2.75, 3.05) is 6.54 Å². The Morgan fingerprint density at radius 2 is 1.76 bits per heavy atom. The third kappa shape index (κ3) is 4.11. The zero-order valence-electron chi connectivity index (χ0n) is 10.9. The molecule has 1 aromatic carbocycles. The summed E-state index contributed by atoms with van der Waals surface area (Å²) in [5.41, 5.74) is 0.789. The standard InChI is InChI=1S/C11H14N4O4S2/c12-20(16,17)10-3-1-9(2-4-10)5-6-15-21(18,19)11-7-13-14-8-11/h1-4,7-8,15H,5-6H2,(H,13,14)(H2,12,16,17). The van der Waals surface area contributed by atoms with E-state index in [4.69, 9.17) is 5.14 Å². The summed E-state index contributed by atoms with van der Waals surface area (Å²) < 4.78 is 48.2. The molecule has 114 valence electrons. The summed E-state index contributed by atoms with van der Waals surface area (Å²) in [5, 5.41) is 11.0. The van der Waals surface area contributed by atoms with Gasteiger partial charge in [-0.1, -0.05) is 12.1 Å². The number of hydrogen-bond acceptors (Lipinski definition) is 5. The summed E-state index contributed by atoms with van der Waals surface area (Å²) >= 11 is 0. The molecular formula is C11H14N4O4S2. The van der Waals surface area contributed by atoms with E-state index in [1.54, 1.807) is 12.1 Å². The molecule has 0 aliphatic rings. The average Bonchev–Trinajstić information content (AvgIpc) is 2.92. The predicted octanol–water partition coefficient (Wildman–Crippen LogP) is -0.422. The minimum atomic E-state index is -3.71. The SMILES string of the molecule is NS(=O)(=O)c1ccc(CCNS(=O)(=O)c2cn[nH]c2)cc1. The fourth-order valence-electron chi connectivity index (χ4n) is 1.64. The molecule has 2 rings (SSSR count). The minimum absolute atomic E-state index is 0.0187. The summed E-state index contributed by atoms with van der Waals surface area (Å²) in [5.74, 6) is 0. The van der Waals surface area contributed by atoms with Gasteiger partial charge in [-0.2, -0.15) is 5.10 Å². The van der Waals surface area contributed by atoms with E-state index in [9.17, 15) is 16.8 Å². The molecular weight excluding hydrogens is 316 g/mol. The van der Waals surface area contributed by atoms with Crippen molar-refractivity contribution in [1.29, 1.82) is 0 Å². The first-order valence-corrected chi connectivity index (χ1v) is 8.92. The van der Waals surface area contributed by atoms with Gasteiger partial charge in [-0.3, -0.25) is 5.10 Å². The van der Waals surface area contributed by atoms with E-state index in [0.717, 1.165) is 5.56 Å². The molecule has 0 aliphatic heterocycles. The van der Waals surface area contributed by atoms with Crippen LogP contribution in [0.25, 0.3) is 0 Å². The van der Waals surface area contributed by atoms with Gasteiger partial charge in [0.2, 0.25) is 20.0 Å². The Morgan fingerprint density at radius 1 is 1.10 bits per heavy atom. The Hall–Kier alpha value is -1.75. The number of aromatic amines is 1. The zero-order valence-corrected chi connectivity index (χ0v) is 12.5. The third-order valence-electron chi connectivity index (χ3n) is 2.74. The van der Waals surface area contributed by atoms with Crippen LogP contribution in [0.1, 0.15) is 5.56 Å². The lowest BCUT2D eigenvalue weighted by atomic mass is 10.2. The van der Waals surface area contributed by atoms with E-state index in [1.807, 2.05) is 0 Å². The van der Waals surface area contributed by atoms with Gasteiger partial charge in [0.1, 0.15) is 4.90 Å². The molecule has 0 unspecified atom stereocenters. The van der Waals surface area contributed by atoms with Crippen LogP contribution in [0.4, 0.5) is 0 Å². The van der Waals surface area contributed by atoms with Crippen molar-refractivity contribution in [2.24, 2.45) is 5.14 Å². The number of H-pyrrole nitrogens is 1. The van der Waals surface area contributed by atoms with Gasteiger partial charge >= 0.3 is 0 Å². The second-order valence-corrected chi connectivity index (χ2v) is 7.60. The van der Waals surface area contributed by atoms with Crippen LogP contribution in [-0.2, 0) is 26.5 Å². The van der Waals surface area contributed by atoms with Gasteiger partial charge in [-0.25, -0.2) is 26.7 Å². The van der Waals surface area contributed by atoms with Crippen LogP contribution < -0.4 is 9.86 Å². The molecule has 8 nitrogen and oxygen atoms in total. The van der Waals surface area contributed by atoms with E-state index in [1.165, 1.54) is 24.5 Å². The van der Waals surface area contributed by atoms with E-state index in [-0.39, 0.29) is 16.3 Å². The molecule has 0 spiro atoms. The molecule has 1 aromatic heterocycles. The molecule has 0 aliphatic carbocycles. The fraction of sp³-hybridized carbons (Fsp3) is 0.182. The minimum Gasteiger partial charge on any atom is -0.284 e. The number of hydrogen-bond donors (Lipinski definition) is 3. The molecule has 4 N–H and O–H groups in total. The van der Waals surface area contributed by atoms with Crippen LogP contribution in [0, 0.1) is 0 Å². The Labute approximate surface area is 122 Å². The lowest BCUT2D eigenvalue weighted by Gasteiger charge is -2.05. The number of primary sulfonamides is 1. The molecule has 1 heterocycles. The highest BCUT2D eigenvalue weighted by Gasteiger charge is 2.14. The number of sulfonamides is 2. The highest BCUT2D eigenvalue weighted by Crippen LogP contribution is 2.09. The second kappa shape index (κ2) is 5.93. The lowest BCUT2D eigenvalue weighted by molar-refractivity contribution is 0.581. The largest absolute Gasteiger partial charge is 0.284 e. The number of nitrogens with two attached hydrogens (primary N) is 1. The Bertz CT molecular complexity index is 796. The molecule has 2 aromatic rings. The first-order chi connectivity index (χ1) is 9.79. The average molecular weight is 330 g/mol. The van der Waals surface area contributed by atoms with Gasteiger partial charge in [0, 0.05) is 12.7 Å². The van der Waals surface area contributed by atoms with Crippen molar-refractivity contribution in [3.63, 3.8) is 0 Å². The number of nitrogens with zero attached hydrogens (tertiary/aromatic N) is 1. The van der Waals surface area contributed by atoms with Crippen LogP contribution in [0.2, 0.25) is 0 Å². The monoisotopic (exact) mass is 330 g/mol. The van der Waals surface area contributed by atoms with Crippen molar-refractivity contribution < 1.29 is 16.8 Å². The van der Waals surface area contributed by atoms with Crippen LogP contribution in [-0.4, -0.2) is 33.6 Å². The Kier molecular flexibility index (Phi) is 4.42. The number of nitrogens with one attached hydrogen (secondary N) is 2. The van der Waals surface area contributed by atoms with Crippen LogP contribution in [0.15, 0.2) is 46.5 Å². The topological polar surface area (TPSA) is 135 Å². The van der Waals surface area contributed by atoms with Gasteiger partial charge in [-0.15, -0.1) is 0 Å². The predicted molar refractivity (Wildman–Crippen MR) is 75.3 cm³/mol. The zero-order chi connectivity index (χ0) is 15.5. The summed E-state index contributed by atoms with van der Waals surface area (Å²) in [6.45, 7) is 0.183. The molecule has 10 heteroatoms. The summed E-state index contributed by atoms with van der Waals surface area (Å²) in [6.07, 6.45) is 2.91. The van der Waals surface area contributed by atoms with E-state index < -0.39 is 20.0 Å². The van der Waals surface area contributed by atoms with Gasteiger partial charge in [-0.05, 0) is 24.1 Å². The smallest absolute Gasteiger partial charge is 0.243 e. The molecule has 0 saturated carbocycles. The normalized spacial score (nSPS) is 12.4. The maximum absolute atomic E-state index is 11.8. The van der Waals surface area contributed by atoms with Gasteiger partial charge < -0.3 is 0 Å². The number of aromatic nitrogens is 2. The first-order valence-electron chi connectivity index (χ1n) is 5.89. The second-order valence-electron chi connectivity index (χ2n) is 4.27. The highest BCUT2D eigenvalue weighted by molar-refractivity contribution is 7.89. The molecule has 0 atom stereocenters. The van der Waals surface area contributed by atoms with Crippen molar-refractivity contribution >= 4 is 20.0 Å². The summed E-state index contributed by atoms with van der Waals surface area (Å²) in [7, 11) is -7.29. The van der Waals surface area contributed by atoms with Crippen LogP contribution >= 0.6 is 0 Å². The van der Waals surface area contributed by atoms with Crippen molar-refractivity contribution in [3.05, 3.63) is 42.2 Å². The number of rotatable bonds is 6. The van der Waals surface area contributed by atoms with Crippen molar-refractivity contribution in [2.45, 2.75) is 16.2 Å². The molecule has 0 saturated heterocycles. The van der Waals surface area contributed by atoms with Gasteiger partial charge in [0.25, 0.3) is 0 Å². The van der Waals surface area contributed by atoms with E-state index in [2.05, 4.69) is 14.9 Å². The van der Waals surface area contributed by atoms with E-state index >= 15 is 0 Å². The summed E-state index contributed by atoms with van der Waals surface area (Å²) in [6, 6.07) is 5.95. The molecule has 0 bridgehead atoms. The molecule has 0 radical (unpaired) electrons. The molecule has 0 amide bonds. The maximum Gasteiger partial charge on any atom is 0.243 e. The summed E-state index contributed by atoms with van der Waals surface area (Å²) in [4.78, 5) is 0.0808. The van der Waals surface area contributed by atoms with Crippen molar-refractivity contribution in [1.82, 2.24) is 14.9 Å². The lowest BCUT2D eigenvalue weighted by Crippen LogP contribution is -2.25. The Morgan fingerprint density at radius 3 is 2.29 bits per heavy atom. The van der Waals surface area contributed by atoms with Gasteiger partial charge in [0.15, 0.2) is 0 Å². The van der Waals surface area contributed by atoms with Crippen LogP contribution in [0.3, 0.4) is 0 Å². The van der Waals surface area contributed by atoms with Crippen molar-refractivity contribution in [3.8, 4) is 0 Å². The van der Waals surface area contributed by atoms with E-state index in [0.29, 0.717) is 6.42 Å². The number of benzene rings is 1. The third-order valence-corrected chi connectivity index (χ3v) is 5.10. The molecule has 0 fully saturated rings. The van der Waals surface area contributed by atoms with Gasteiger partial charge in [0.05, 0.1) is 11.1 Å². The quantitative estimate of drug-likeness (QED) is 0.661. The first kappa shape index (κ1) is 15.6. The Balaban J connectivity index is 1.95. The van der Waals surface area contributed by atoms with Crippen LogP contribution in [0.5, 0.6) is 0 Å². The highest BCUT2D eigenvalue weighted by atomic mass is 32.2.